The molecule has 1 nitrogen and oxygen atoms in total. The Morgan fingerprint density at radius 2 is 1.41 bits per heavy atom. The molecular weight excluding hydrogens is 208 g/mol. The highest BCUT2D eigenvalue weighted by molar-refractivity contribution is 5.66. The highest BCUT2D eigenvalue weighted by Gasteiger charge is 1.90. The number of hydrogen-bond acceptors (Lipinski definition) is 1. The van der Waals surface area contributed by atoms with E-state index in [1.165, 1.54) is 63.9 Å². The maximum Gasteiger partial charge on any atom is 0.225 e. The van der Waals surface area contributed by atoms with Crippen LogP contribution in [0.2, 0.25) is 0 Å². The Balaban J connectivity index is 3.05. The van der Waals surface area contributed by atoms with Gasteiger partial charge in [0.05, 0.1) is 0 Å². The van der Waals surface area contributed by atoms with E-state index in [1.54, 1.807) is 12.4 Å². The fourth-order valence-electron chi connectivity index (χ4n) is 1.84. The summed E-state index contributed by atoms with van der Waals surface area (Å²) in [5.74, 6) is 0. The van der Waals surface area contributed by atoms with Crippen molar-refractivity contribution < 1.29 is 4.79 Å². The van der Waals surface area contributed by atoms with Crippen LogP contribution in [0.5, 0.6) is 0 Å². The third-order valence-electron chi connectivity index (χ3n) is 2.89. The molecule has 0 amide bonds. The van der Waals surface area contributed by atoms with Gasteiger partial charge in [-0.05, 0) is 18.9 Å². The predicted octanol–water partition coefficient (Wildman–Crippen LogP) is 5.13. The molecule has 1 heteroatoms. The Hall–Kier alpha value is -0.850. The van der Waals surface area contributed by atoms with Crippen molar-refractivity contribution in [3.05, 3.63) is 24.3 Å². The lowest BCUT2D eigenvalue weighted by Crippen LogP contribution is -1.80. The molecule has 0 rings (SSSR count). The molecule has 0 N–H and O–H groups in total. The van der Waals surface area contributed by atoms with E-state index >= 15 is 0 Å². The molecule has 0 aliphatic carbocycles. The van der Waals surface area contributed by atoms with Crippen LogP contribution in [0, 0.1) is 0 Å². The van der Waals surface area contributed by atoms with E-state index in [0.29, 0.717) is 0 Å². The molecule has 0 unspecified atom stereocenters. The van der Waals surface area contributed by atoms with Gasteiger partial charge in [-0.3, -0.25) is 4.79 Å². The molecule has 0 saturated carbocycles. The maximum absolute atomic E-state index is 9.86. The van der Waals surface area contributed by atoms with Gasteiger partial charge in [0.25, 0.3) is 0 Å². The van der Waals surface area contributed by atoms with Gasteiger partial charge in [0.15, 0.2) is 0 Å². The van der Waals surface area contributed by atoms with Gasteiger partial charge in [-0.25, -0.2) is 0 Å². The van der Waals surface area contributed by atoms with Gasteiger partial charge in [-0.2, -0.15) is 0 Å². The number of carbonyl (C=O) groups excluding carboxylic acids is 1. The molecular formula is C16H27O. The smallest absolute Gasteiger partial charge is 0.225 e. The van der Waals surface area contributed by atoms with E-state index in [-0.39, 0.29) is 0 Å². The lowest BCUT2D eigenvalue weighted by atomic mass is 10.1. The van der Waals surface area contributed by atoms with Gasteiger partial charge in [0.2, 0.25) is 6.29 Å². The minimum atomic E-state index is 1.12. The molecule has 0 heterocycles. The number of rotatable bonds is 12. The van der Waals surface area contributed by atoms with Crippen LogP contribution >= 0.6 is 0 Å². The molecule has 0 aromatic rings. The predicted molar refractivity (Wildman–Crippen MR) is 75.8 cm³/mol. The van der Waals surface area contributed by atoms with E-state index in [2.05, 4.69) is 13.0 Å². The Morgan fingerprint density at radius 3 is 2.00 bits per heavy atom. The summed E-state index contributed by atoms with van der Waals surface area (Å²) in [5.41, 5.74) is 0. The van der Waals surface area contributed by atoms with Crippen LogP contribution in [0.3, 0.4) is 0 Å². The van der Waals surface area contributed by atoms with Gasteiger partial charge < -0.3 is 0 Å². The van der Waals surface area contributed by atoms with Crippen LogP contribution in [0.25, 0.3) is 0 Å². The first-order chi connectivity index (χ1) is 8.41. The summed E-state index contributed by atoms with van der Waals surface area (Å²) in [6.07, 6.45) is 22.4. The second kappa shape index (κ2) is 15.1. The SMILES string of the molecule is CCCCCCCCCCCC=CC=C[C]=O. The largest absolute Gasteiger partial charge is 0.286 e. The van der Waals surface area contributed by atoms with E-state index in [4.69, 9.17) is 0 Å². The van der Waals surface area contributed by atoms with Crippen molar-refractivity contribution >= 4 is 6.29 Å². The standard InChI is InChI=1S/C16H27O/c1-2-3-4-5-6-7-8-9-10-11-12-13-14-15-16-17/h12-15H,2-11H2,1H3. The molecule has 0 aromatic heterocycles. The number of allylic oxidation sites excluding steroid dienone is 4. The Bertz CT molecular complexity index is 204. The first-order valence-electron chi connectivity index (χ1n) is 7.11. The highest BCUT2D eigenvalue weighted by Crippen LogP contribution is 2.10. The zero-order valence-electron chi connectivity index (χ0n) is 11.3. The van der Waals surface area contributed by atoms with Crippen molar-refractivity contribution in [2.24, 2.45) is 0 Å². The monoisotopic (exact) mass is 235 g/mol. The second-order valence-corrected chi connectivity index (χ2v) is 4.52. The van der Waals surface area contributed by atoms with Gasteiger partial charge in [-0.15, -0.1) is 0 Å². The zero-order chi connectivity index (χ0) is 12.6. The third kappa shape index (κ3) is 15.1. The van der Waals surface area contributed by atoms with Gasteiger partial charge >= 0.3 is 0 Å². The average Bonchev–Trinajstić information content (AvgIpc) is 2.35. The van der Waals surface area contributed by atoms with E-state index < -0.39 is 0 Å². The molecule has 0 atom stereocenters. The van der Waals surface area contributed by atoms with Crippen LogP contribution in [-0.4, -0.2) is 6.29 Å². The fourth-order valence-corrected chi connectivity index (χ4v) is 1.84. The van der Waals surface area contributed by atoms with E-state index in [0.717, 1.165) is 6.42 Å². The first kappa shape index (κ1) is 16.1. The first-order valence-corrected chi connectivity index (χ1v) is 7.11. The van der Waals surface area contributed by atoms with E-state index in [9.17, 15) is 4.79 Å². The van der Waals surface area contributed by atoms with Gasteiger partial charge in [0.1, 0.15) is 0 Å². The van der Waals surface area contributed by atoms with Crippen LogP contribution in [0.1, 0.15) is 71.1 Å². The van der Waals surface area contributed by atoms with Crippen molar-refractivity contribution in [1.82, 2.24) is 0 Å². The summed E-state index contributed by atoms with van der Waals surface area (Å²) in [7, 11) is 0. The lowest BCUT2D eigenvalue weighted by molar-refractivity contribution is 0.564. The Labute approximate surface area is 107 Å². The Morgan fingerprint density at radius 1 is 0.824 bits per heavy atom. The molecule has 0 bridgehead atoms. The van der Waals surface area contributed by atoms with Crippen molar-refractivity contribution in [1.29, 1.82) is 0 Å². The van der Waals surface area contributed by atoms with Crippen molar-refractivity contribution in [2.45, 2.75) is 71.1 Å². The van der Waals surface area contributed by atoms with Gasteiger partial charge in [-0.1, -0.05) is 76.5 Å². The summed E-state index contributed by atoms with van der Waals surface area (Å²) in [4.78, 5) is 9.86. The molecule has 0 saturated heterocycles. The Kier molecular flexibility index (Phi) is 14.4. The summed E-state index contributed by atoms with van der Waals surface area (Å²) in [6.45, 7) is 2.26. The van der Waals surface area contributed by atoms with Crippen LogP contribution in [0.4, 0.5) is 0 Å². The third-order valence-corrected chi connectivity index (χ3v) is 2.89. The van der Waals surface area contributed by atoms with Crippen molar-refractivity contribution in [3.8, 4) is 0 Å². The summed E-state index contributed by atoms with van der Waals surface area (Å²) < 4.78 is 0. The molecule has 0 spiro atoms. The minimum Gasteiger partial charge on any atom is -0.286 e. The van der Waals surface area contributed by atoms with Crippen molar-refractivity contribution in [3.63, 3.8) is 0 Å². The van der Waals surface area contributed by atoms with Crippen molar-refractivity contribution in [2.75, 3.05) is 0 Å². The number of unbranched alkanes of at least 4 members (excludes halogenated alkanes) is 9. The summed E-state index contributed by atoms with van der Waals surface area (Å²) in [5, 5.41) is 0. The van der Waals surface area contributed by atoms with Crippen LogP contribution < -0.4 is 0 Å². The molecule has 0 aromatic carbocycles. The quantitative estimate of drug-likeness (QED) is 0.260. The average molecular weight is 235 g/mol. The summed E-state index contributed by atoms with van der Waals surface area (Å²) >= 11 is 0. The van der Waals surface area contributed by atoms with Gasteiger partial charge in [0, 0.05) is 0 Å². The topological polar surface area (TPSA) is 17.1 Å². The fraction of sp³-hybridized carbons (Fsp3) is 0.688. The second-order valence-electron chi connectivity index (χ2n) is 4.52. The highest BCUT2D eigenvalue weighted by atomic mass is 16.1. The summed E-state index contributed by atoms with van der Waals surface area (Å²) in [6, 6.07) is 0. The normalized spacial score (nSPS) is 11.6. The molecule has 0 aliphatic heterocycles. The van der Waals surface area contributed by atoms with E-state index in [1.807, 2.05) is 6.08 Å². The molecule has 17 heavy (non-hydrogen) atoms. The lowest BCUT2D eigenvalue weighted by Gasteiger charge is -2.00. The molecule has 1 radical (unpaired) electrons. The molecule has 97 valence electrons. The molecule has 0 fully saturated rings. The molecule has 0 aliphatic rings. The number of hydrogen-bond donors (Lipinski definition) is 0. The van der Waals surface area contributed by atoms with Crippen LogP contribution in [-0.2, 0) is 4.79 Å². The van der Waals surface area contributed by atoms with Crippen LogP contribution in [0.15, 0.2) is 24.3 Å². The maximum atomic E-state index is 9.86. The zero-order valence-corrected chi connectivity index (χ0v) is 11.3. The minimum absolute atomic E-state index is 1.12.